The quantitative estimate of drug-likeness (QED) is 0.696. The topological polar surface area (TPSA) is 108 Å². The highest BCUT2D eigenvalue weighted by Gasteiger charge is 2.38. The van der Waals surface area contributed by atoms with Gasteiger partial charge in [-0.25, -0.2) is 4.79 Å². The van der Waals surface area contributed by atoms with Gasteiger partial charge in [-0.3, -0.25) is 14.3 Å². The molecule has 4 rings (SSSR count). The number of nitrogens with one attached hydrogen (secondary N) is 1. The summed E-state index contributed by atoms with van der Waals surface area (Å²) in [7, 11) is 0. The Morgan fingerprint density at radius 1 is 1.26 bits per heavy atom. The summed E-state index contributed by atoms with van der Waals surface area (Å²) in [6.45, 7) is 1.03. The summed E-state index contributed by atoms with van der Waals surface area (Å²) in [6, 6.07) is 1.26. The molecular weight excluding hydrogens is 310 g/mol. The number of amides is 1. The molecule has 2 fully saturated rings. The predicted octanol–water partition coefficient (Wildman–Crippen LogP) is -0.924. The summed E-state index contributed by atoms with van der Waals surface area (Å²) in [5.41, 5.74) is 2.64. The summed E-state index contributed by atoms with van der Waals surface area (Å²) in [6.07, 6.45) is -0.798. The summed E-state index contributed by atoms with van der Waals surface area (Å²) < 4.78 is 21.5. The lowest BCUT2D eigenvalue weighted by Crippen LogP contribution is -2.59. The fraction of sp³-hybridized carbons (Fsp3) is 0.462. The molecule has 0 aliphatic carbocycles. The highest BCUT2D eigenvalue weighted by atomic mass is 16.8. The largest absolute Gasteiger partial charge is 0.511 e. The van der Waals surface area contributed by atoms with E-state index >= 15 is 0 Å². The number of pyridine rings is 1. The van der Waals surface area contributed by atoms with Crippen molar-refractivity contribution in [1.29, 1.82) is 0 Å². The molecule has 2 atom stereocenters. The maximum absolute atomic E-state index is 12.7. The molecule has 10 nitrogen and oxygen atoms in total. The Kier molecular flexibility index (Phi) is 3.11. The number of hydrogen-bond donors (Lipinski definition) is 1. The van der Waals surface area contributed by atoms with Crippen molar-refractivity contribution in [1.82, 2.24) is 9.58 Å². The molecule has 2 saturated heterocycles. The zero-order chi connectivity index (χ0) is 16.0. The molecular formula is C13H13N3O7. The van der Waals surface area contributed by atoms with Gasteiger partial charge in [0.05, 0.1) is 13.2 Å². The third-order valence-electron chi connectivity index (χ3n) is 3.75. The van der Waals surface area contributed by atoms with Crippen LogP contribution in [0.5, 0.6) is 5.75 Å². The van der Waals surface area contributed by atoms with E-state index in [0.717, 1.165) is 0 Å². The molecule has 3 aliphatic rings. The molecule has 10 heteroatoms. The lowest BCUT2D eigenvalue weighted by atomic mass is 10.2. The molecule has 1 unspecified atom stereocenters. The third-order valence-corrected chi connectivity index (χ3v) is 3.75. The van der Waals surface area contributed by atoms with E-state index in [1.54, 1.807) is 4.90 Å². The molecule has 0 radical (unpaired) electrons. The highest BCUT2D eigenvalue weighted by Crippen LogP contribution is 2.24. The Hall–Kier alpha value is -2.75. The Balaban J connectivity index is 1.71. The fourth-order valence-corrected chi connectivity index (χ4v) is 2.69. The Labute approximate surface area is 129 Å². The first-order chi connectivity index (χ1) is 11.1. The molecule has 1 N–H and O–H groups in total. The number of rotatable bonds is 2. The van der Waals surface area contributed by atoms with Gasteiger partial charge in [0.25, 0.3) is 12.2 Å². The maximum atomic E-state index is 12.7. The van der Waals surface area contributed by atoms with E-state index in [4.69, 9.17) is 14.2 Å². The molecule has 3 aliphatic heterocycles. The van der Waals surface area contributed by atoms with E-state index < -0.39 is 17.9 Å². The number of morpholine rings is 1. The van der Waals surface area contributed by atoms with Gasteiger partial charge in [0.2, 0.25) is 11.2 Å². The van der Waals surface area contributed by atoms with E-state index in [1.807, 2.05) is 0 Å². The lowest BCUT2D eigenvalue weighted by molar-refractivity contribution is -0.00861. The average Bonchev–Trinajstić information content (AvgIpc) is 2.96. The van der Waals surface area contributed by atoms with Gasteiger partial charge in [0, 0.05) is 18.8 Å². The van der Waals surface area contributed by atoms with Gasteiger partial charge in [0.1, 0.15) is 6.17 Å². The Bertz CT molecular complexity index is 731. The number of cyclic esters (lactones) is 2. The van der Waals surface area contributed by atoms with Crippen LogP contribution in [-0.4, -0.2) is 60.5 Å². The zero-order valence-electron chi connectivity index (χ0n) is 11.9. The van der Waals surface area contributed by atoms with Crippen molar-refractivity contribution in [2.45, 2.75) is 12.5 Å². The van der Waals surface area contributed by atoms with Gasteiger partial charge in [-0.2, -0.15) is 0 Å². The molecule has 23 heavy (non-hydrogen) atoms. The number of fused-ring (bicyclic) bond motifs is 2. The number of ether oxygens (including phenoxy) is 4. The molecule has 1 amide bonds. The van der Waals surface area contributed by atoms with Crippen LogP contribution in [0.3, 0.4) is 0 Å². The van der Waals surface area contributed by atoms with Crippen LogP contribution in [0.1, 0.15) is 10.5 Å². The minimum Gasteiger partial charge on any atom is -0.444 e. The van der Waals surface area contributed by atoms with Crippen molar-refractivity contribution in [2.24, 2.45) is 0 Å². The first-order valence-corrected chi connectivity index (χ1v) is 7.04. The summed E-state index contributed by atoms with van der Waals surface area (Å²) >= 11 is 0. The van der Waals surface area contributed by atoms with E-state index in [-0.39, 0.29) is 30.1 Å². The molecule has 0 aromatic carbocycles. The van der Waals surface area contributed by atoms with Crippen molar-refractivity contribution >= 4 is 12.1 Å². The standard InChI is InChI=1S/C13H13N3O7/c17-7-1-2-16-10(11(7)22-9-6-21-13(19)23-9)12(18)15-3-4-20-5-8(15)14-16/h1-2,8-9,14H,3-6H2/t8-,9?/m0/s1. The molecule has 1 aromatic heterocycles. The van der Waals surface area contributed by atoms with Crippen LogP contribution >= 0.6 is 0 Å². The molecule has 0 spiro atoms. The molecule has 0 bridgehead atoms. The van der Waals surface area contributed by atoms with E-state index in [9.17, 15) is 14.4 Å². The second kappa shape index (κ2) is 5.16. The number of carbonyl (C=O) groups excluding carboxylic acids is 2. The fourth-order valence-electron chi connectivity index (χ4n) is 2.69. The van der Waals surface area contributed by atoms with Crippen LogP contribution < -0.4 is 15.6 Å². The van der Waals surface area contributed by atoms with Crippen molar-refractivity contribution in [3.05, 3.63) is 28.2 Å². The number of nitrogens with zero attached hydrogens (tertiary/aromatic N) is 2. The van der Waals surface area contributed by atoms with E-state index in [1.165, 1.54) is 16.9 Å². The second-order valence-corrected chi connectivity index (χ2v) is 5.17. The van der Waals surface area contributed by atoms with Crippen LogP contribution in [0.15, 0.2) is 17.1 Å². The minimum absolute atomic E-state index is 0.0543. The molecule has 4 heterocycles. The predicted molar refractivity (Wildman–Crippen MR) is 72.6 cm³/mol. The average molecular weight is 323 g/mol. The van der Waals surface area contributed by atoms with Crippen molar-refractivity contribution in [3.63, 3.8) is 0 Å². The monoisotopic (exact) mass is 323 g/mol. The summed E-state index contributed by atoms with van der Waals surface area (Å²) in [5, 5.41) is 0. The molecule has 1 aromatic rings. The number of carbonyl (C=O) groups is 2. The van der Waals surface area contributed by atoms with Crippen LogP contribution in [-0.2, 0) is 14.2 Å². The molecule has 122 valence electrons. The Morgan fingerprint density at radius 2 is 2.13 bits per heavy atom. The van der Waals surface area contributed by atoms with Gasteiger partial charge in [-0.15, -0.1) is 0 Å². The van der Waals surface area contributed by atoms with Crippen molar-refractivity contribution in [3.8, 4) is 5.75 Å². The normalized spacial score (nSPS) is 25.8. The van der Waals surface area contributed by atoms with Gasteiger partial charge in [0.15, 0.2) is 12.3 Å². The van der Waals surface area contributed by atoms with Crippen molar-refractivity contribution in [2.75, 3.05) is 31.8 Å². The second-order valence-electron chi connectivity index (χ2n) is 5.17. The number of hydrogen-bond acceptors (Lipinski definition) is 8. The highest BCUT2D eigenvalue weighted by molar-refractivity contribution is 5.96. The lowest BCUT2D eigenvalue weighted by Gasteiger charge is -2.41. The van der Waals surface area contributed by atoms with E-state index in [2.05, 4.69) is 10.2 Å². The van der Waals surface area contributed by atoms with Gasteiger partial charge < -0.3 is 29.3 Å². The number of aromatic nitrogens is 1. The van der Waals surface area contributed by atoms with Crippen LogP contribution in [0.4, 0.5) is 4.79 Å². The zero-order valence-corrected chi connectivity index (χ0v) is 11.9. The van der Waals surface area contributed by atoms with Crippen molar-refractivity contribution < 1.29 is 28.5 Å². The van der Waals surface area contributed by atoms with Gasteiger partial charge >= 0.3 is 6.16 Å². The minimum atomic E-state index is -1.06. The van der Waals surface area contributed by atoms with Gasteiger partial charge in [-0.05, 0) is 0 Å². The summed E-state index contributed by atoms with van der Waals surface area (Å²) in [4.78, 5) is 37.4. The van der Waals surface area contributed by atoms with E-state index in [0.29, 0.717) is 19.8 Å². The maximum Gasteiger partial charge on any atom is 0.511 e. The first kappa shape index (κ1) is 13.9. The van der Waals surface area contributed by atoms with Gasteiger partial charge in [-0.1, -0.05) is 0 Å². The van der Waals surface area contributed by atoms with Crippen LogP contribution in [0, 0.1) is 0 Å². The Morgan fingerprint density at radius 3 is 2.91 bits per heavy atom. The van der Waals surface area contributed by atoms with Crippen LogP contribution in [0.25, 0.3) is 0 Å². The smallest absolute Gasteiger partial charge is 0.444 e. The molecule has 0 saturated carbocycles. The van der Waals surface area contributed by atoms with Crippen LogP contribution in [0.2, 0.25) is 0 Å². The summed E-state index contributed by atoms with van der Waals surface area (Å²) in [5.74, 6) is -0.534. The third kappa shape index (κ3) is 2.27. The first-order valence-electron chi connectivity index (χ1n) is 7.04. The SMILES string of the molecule is O=C1OCC(Oc2c3n(ccc2=O)N[C@@H]2COCCN2C3=O)O1.